The van der Waals surface area contributed by atoms with Crippen molar-refractivity contribution in [1.82, 2.24) is 5.32 Å². The van der Waals surface area contributed by atoms with Crippen LogP contribution >= 0.6 is 0 Å². The molecule has 0 aromatic heterocycles. The Morgan fingerprint density at radius 2 is 2.05 bits per heavy atom. The number of nitro benzene ring substituents is 1. The first-order valence-electron chi connectivity index (χ1n) is 7.23. The number of rotatable bonds is 3. The molecule has 0 radical (unpaired) electrons. The van der Waals surface area contributed by atoms with Crippen LogP contribution in [0, 0.1) is 17.0 Å². The molecule has 2 atom stereocenters. The van der Waals surface area contributed by atoms with Gasteiger partial charge in [0.05, 0.1) is 17.1 Å². The molecule has 0 saturated heterocycles. The Labute approximate surface area is 123 Å². The number of carbonyl (C=O) groups is 1. The standard InChI is InChI=1S/C15H20N2O4/c1-10-7-8-11(17(20)21)9-12(10)15(19)16-13-5-3-2-4-6-14(13)18/h7-9,13-14,18H,2-6H2,1H3,(H,16,19). The predicted molar refractivity (Wildman–Crippen MR) is 78.2 cm³/mol. The van der Waals surface area contributed by atoms with Gasteiger partial charge in [-0.1, -0.05) is 25.3 Å². The van der Waals surface area contributed by atoms with E-state index >= 15 is 0 Å². The average molecular weight is 292 g/mol. The highest BCUT2D eigenvalue weighted by Gasteiger charge is 2.24. The number of carbonyl (C=O) groups excluding carboxylic acids is 1. The molecule has 1 aliphatic rings. The average Bonchev–Trinajstić information content (AvgIpc) is 2.64. The van der Waals surface area contributed by atoms with Crippen molar-refractivity contribution in [1.29, 1.82) is 0 Å². The Balaban J connectivity index is 2.15. The minimum Gasteiger partial charge on any atom is -0.391 e. The van der Waals surface area contributed by atoms with Gasteiger partial charge in [-0.05, 0) is 25.3 Å². The highest BCUT2D eigenvalue weighted by molar-refractivity contribution is 5.96. The van der Waals surface area contributed by atoms with E-state index in [0.717, 1.165) is 25.7 Å². The molecule has 2 N–H and O–H groups in total. The Morgan fingerprint density at radius 3 is 2.76 bits per heavy atom. The number of aliphatic hydroxyl groups excluding tert-OH is 1. The molecule has 0 bridgehead atoms. The number of nitrogens with zero attached hydrogens (tertiary/aromatic N) is 1. The van der Waals surface area contributed by atoms with Crippen molar-refractivity contribution in [3.8, 4) is 0 Å². The molecule has 114 valence electrons. The Kier molecular flexibility index (Phi) is 4.90. The lowest BCUT2D eigenvalue weighted by atomic mass is 10.0. The summed E-state index contributed by atoms with van der Waals surface area (Å²) in [4.78, 5) is 22.6. The quantitative estimate of drug-likeness (QED) is 0.508. The molecule has 21 heavy (non-hydrogen) atoms. The van der Waals surface area contributed by atoms with Crippen molar-refractivity contribution in [2.24, 2.45) is 0 Å². The van der Waals surface area contributed by atoms with Crippen LogP contribution in [0.15, 0.2) is 18.2 Å². The Bertz CT molecular complexity index is 544. The van der Waals surface area contributed by atoms with E-state index in [4.69, 9.17) is 0 Å². The first kappa shape index (κ1) is 15.4. The van der Waals surface area contributed by atoms with E-state index in [1.165, 1.54) is 12.1 Å². The maximum Gasteiger partial charge on any atom is 0.270 e. The number of nitro groups is 1. The number of benzene rings is 1. The zero-order valence-electron chi connectivity index (χ0n) is 12.0. The molecule has 6 nitrogen and oxygen atoms in total. The van der Waals surface area contributed by atoms with Crippen molar-refractivity contribution in [3.05, 3.63) is 39.4 Å². The summed E-state index contributed by atoms with van der Waals surface area (Å²) in [5.41, 5.74) is 0.869. The van der Waals surface area contributed by atoms with Crippen molar-refractivity contribution < 1.29 is 14.8 Å². The summed E-state index contributed by atoms with van der Waals surface area (Å²) in [6.07, 6.45) is 3.86. The van der Waals surface area contributed by atoms with Gasteiger partial charge in [0.15, 0.2) is 0 Å². The molecule has 2 unspecified atom stereocenters. The third kappa shape index (κ3) is 3.78. The topological polar surface area (TPSA) is 92.5 Å². The van der Waals surface area contributed by atoms with Crippen molar-refractivity contribution in [3.63, 3.8) is 0 Å². The molecule has 0 aliphatic heterocycles. The second-order valence-corrected chi connectivity index (χ2v) is 5.54. The summed E-state index contributed by atoms with van der Waals surface area (Å²) in [6.45, 7) is 1.74. The monoisotopic (exact) mass is 292 g/mol. The van der Waals surface area contributed by atoms with E-state index in [2.05, 4.69) is 5.32 Å². The minimum absolute atomic E-state index is 0.104. The molecule has 1 amide bonds. The lowest BCUT2D eigenvalue weighted by Gasteiger charge is -2.22. The van der Waals surface area contributed by atoms with Gasteiger partial charge in [0.2, 0.25) is 0 Å². The normalized spacial score (nSPS) is 22.4. The first-order chi connectivity index (χ1) is 9.99. The van der Waals surface area contributed by atoms with E-state index in [-0.39, 0.29) is 17.6 Å². The van der Waals surface area contributed by atoms with Gasteiger partial charge < -0.3 is 10.4 Å². The zero-order chi connectivity index (χ0) is 15.4. The van der Waals surface area contributed by atoms with Crippen molar-refractivity contribution in [2.45, 2.75) is 51.2 Å². The Hall–Kier alpha value is -1.95. The second kappa shape index (κ2) is 6.67. The predicted octanol–water partition coefficient (Wildman–Crippen LogP) is 2.33. The fourth-order valence-electron chi connectivity index (χ4n) is 2.67. The van der Waals surface area contributed by atoms with Crippen molar-refractivity contribution in [2.75, 3.05) is 0 Å². The first-order valence-corrected chi connectivity index (χ1v) is 7.23. The maximum atomic E-state index is 12.3. The van der Waals surface area contributed by atoms with Gasteiger partial charge in [-0.2, -0.15) is 0 Å². The van der Waals surface area contributed by atoms with Crippen LogP contribution in [-0.4, -0.2) is 28.1 Å². The Morgan fingerprint density at radius 1 is 1.33 bits per heavy atom. The summed E-state index contributed by atoms with van der Waals surface area (Å²) < 4.78 is 0. The van der Waals surface area contributed by atoms with Gasteiger partial charge in [-0.15, -0.1) is 0 Å². The molecule has 6 heteroatoms. The third-order valence-electron chi connectivity index (χ3n) is 3.97. The largest absolute Gasteiger partial charge is 0.391 e. The van der Waals surface area contributed by atoms with Gasteiger partial charge in [0.1, 0.15) is 0 Å². The maximum absolute atomic E-state index is 12.3. The molecule has 1 fully saturated rings. The van der Waals surface area contributed by atoms with E-state index in [1.807, 2.05) is 0 Å². The second-order valence-electron chi connectivity index (χ2n) is 5.54. The molecule has 2 rings (SSSR count). The highest BCUT2D eigenvalue weighted by Crippen LogP contribution is 2.20. The molecule has 0 spiro atoms. The molecular formula is C15H20N2O4. The number of non-ortho nitro benzene ring substituents is 1. The summed E-state index contributed by atoms with van der Waals surface area (Å²) >= 11 is 0. The number of hydrogen-bond donors (Lipinski definition) is 2. The SMILES string of the molecule is Cc1ccc([N+](=O)[O-])cc1C(=O)NC1CCCCCC1O. The fourth-order valence-corrected chi connectivity index (χ4v) is 2.67. The molecule has 1 aliphatic carbocycles. The number of nitrogens with one attached hydrogen (secondary N) is 1. The highest BCUT2D eigenvalue weighted by atomic mass is 16.6. The molecule has 1 aromatic rings. The number of amides is 1. The summed E-state index contributed by atoms with van der Waals surface area (Å²) in [5, 5.41) is 23.7. The fraction of sp³-hybridized carbons (Fsp3) is 0.533. The van der Waals surface area contributed by atoms with Gasteiger partial charge >= 0.3 is 0 Å². The summed E-state index contributed by atoms with van der Waals surface area (Å²) in [5.74, 6) is -0.359. The van der Waals surface area contributed by atoms with Crippen LogP contribution in [0.3, 0.4) is 0 Å². The zero-order valence-corrected chi connectivity index (χ0v) is 12.0. The van der Waals surface area contributed by atoms with Crippen LogP contribution in [0.4, 0.5) is 5.69 Å². The van der Waals surface area contributed by atoms with Gasteiger partial charge in [-0.25, -0.2) is 0 Å². The van der Waals surface area contributed by atoms with Crippen LogP contribution in [0.2, 0.25) is 0 Å². The lowest BCUT2D eigenvalue weighted by Crippen LogP contribution is -2.42. The van der Waals surface area contributed by atoms with E-state index in [0.29, 0.717) is 17.5 Å². The van der Waals surface area contributed by atoms with E-state index < -0.39 is 11.0 Å². The van der Waals surface area contributed by atoms with Gasteiger partial charge in [-0.3, -0.25) is 14.9 Å². The number of hydrogen-bond acceptors (Lipinski definition) is 4. The molecule has 0 heterocycles. The summed E-state index contributed by atoms with van der Waals surface area (Å²) in [7, 11) is 0. The molecular weight excluding hydrogens is 272 g/mol. The van der Waals surface area contributed by atoms with E-state index in [1.54, 1.807) is 13.0 Å². The van der Waals surface area contributed by atoms with Crippen LogP contribution in [0.5, 0.6) is 0 Å². The van der Waals surface area contributed by atoms with Crippen LogP contribution in [0.1, 0.15) is 48.0 Å². The minimum atomic E-state index is -0.546. The van der Waals surface area contributed by atoms with Crippen molar-refractivity contribution >= 4 is 11.6 Å². The summed E-state index contributed by atoms with van der Waals surface area (Å²) in [6, 6.07) is 3.95. The third-order valence-corrected chi connectivity index (χ3v) is 3.97. The molecule has 1 aromatic carbocycles. The van der Waals surface area contributed by atoms with Crippen LogP contribution in [-0.2, 0) is 0 Å². The smallest absolute Gasteiger partial charge is 0.270 e. The van der Waals surface area contributed by atoms with Gasteiger partial charge in [0.25, 0.3) is 11.6 Å². The van der Waals surface area contributed by atoms with Crippen LogP contribution in [0.25, 0.3) is 0 Å². The number of aliphatic hydroxyl groups is 1. The molecule has 1 saturated carbocycles. The number of aryl methyl sites for hydroxylation is 1. The lowest BCUT2D eigenvalue weighted by molar-refractivity contribution is -0.384. The van der Waals surface area contributed by atoms with Crippen LogP contribution < -0.4 is 5.32 Å². The van der Waals surface area contributed by atoms with Gasteiger partial charge in [0, 0.05) is 17.7 Å². The van der Waals surface area contributed by atoms with E-state index in [9.17, 15) is 20.0 Å².